The monoisotopic (exact) mass is 297 g/mol. The molecule has 0 bridgehead atoms. The minimum atomic E-state index is -2.88. The summed E-state index contributed by atoms with van der Waals surface area (Å²) < 4.78 is 23.2. The van der Waals surface area contributed by atoms with Crippen LogP contribution in [0.4, 0.5) is 0 Å². The fourth-order valence-electron chi connectivity index (χ4n) is 2.77. The summed E-state index contributed by atoms with van der Waals surface area (Å²) >= 11 is 0. The summed E-state index contributed by atoms with van der Waals surface area (Å²) in [6, 6.07) is 9.65. The Bertz CT molecular complexity index is 515. The molecule has 1 saturated heterocycles. The minimum Gasteiger partial charge on any atom is -0.388 e. The van der Waals surface area contributed by atoms with E-state index in [2.05, 4.69) is 5.32 Å². The van der Waals surface area contributed by atoms with E-state index in [0.29, 0.717) is 12.2 Å². The predicted octanol–water partition coefficient (Wildman–Crippen LogP) is 1.67. The first-order valence-corrected chi connectivity index (χ1v) is 8.98. The molecule has 1 heterocycles. The topological polar surface area (TPSA) is 66.4 Å². The Hall–Kier alpha value is -0.910. The molecular formula is C15H23NO3S. The molecule has 0 spiro atoms. The van der Waals surface area contributed by atoms with Crippen LogP contribution in [0.25, 0.3) is 0 Å². The highest BCUT2D eigenvalue weighted by Gasteiger charge is 2.26. The van der Waals surface area contributed by atoms with E-state index < -0.39 is 15.9 Å². The van der Waals surface area contributed by atoms with Crippen molar-refractivity contribution in [2.45, 2.75) is 44.4 Å². The van der Waals surface area contributed by atoms with Crippen LogP contribution < -0.4 is 5.32 Å². The predicted molar refractivity (Wildman–Crippen MR) is 80.3 cm³/mol. The molecule has 0 saturated carbocycles. The molecule has 1 aromatic rings. The minimum absolute atomic E-state index is 0.0201. The molecule has 3 unspecified atom stereocenters. The van der Waals surface area contributed by atoms with Crippen molar-refractivity contribution >= 4 is 9.84 Å². The van der Waals surface area contributed by atoms with Gasteiger partial charge in [-0.25, -0.2) is 8.42 Å². The quantitative estimate of drug-likeness (QED) is 0.867. The first kappa shape index (κ1) is 15.5. The molecule has 2 rings (SSSR count). The van der Waals surface area contributed by atoms with E-state index in [1.54, 1.807) is 0 Å². The zero-order valence-electron chi connectivity index (χ0n) is 11.8. The summed E-state index contributed by atoms with van der Waals surface area (Å²) in [5.41, 5.74) is 0.900. The molecule has 0 radical (unpaired) electrons. The van der Waals surface area contributed by atoms with Crippen molar-refractivity contribution in [1.29, 1.82) is 0 Å². The van der Waals surface area contributed by atoms with Crippen LogP contribution in [0.3, 0.4) is 0 Å². The van der Waals surface area contributed by atoms with E-state index in [1.807, 2.05) is 37.3 Å². The fraction of sp³-hybridized carbons (Fsp3) is 0.600. The van der Waals surface area contributed by atoms with Crippen LogP contribution in [0.1, 0.15) is 37.9 Å². The van der Waals surface area contributed by atoms with E-state index in [1.165, 1.54) is 0 Å². The summed E-state index contributed by atoms with van der Waals surface area (Å²) in [6.45, 7) is 1.99. The highest BCUT2D eigenvalue weighted by atomic mass is 32.2. The van der Waals surface area contributed by atoms with E-state index >= 15 is 0 Å². The molecule has 5 heteroatoms. The molecule has 1 fully saturated rings. The number of aliphatic hydroxyl groups is 1. The number of hydrogen-bond donors (Lipinski definition) is 2. The van der Waals surface area contributed by atoms with E-state index in [-0.39, 0.29) is 17.8 Å². The Morgan fingerprint density at radius 3 is 2.70 bits per heavy atom. The molecular weight excluding hydrogens is 274 g/mol. The Morgan fingerprint density at radius 1 is 1.35 bits per heavy atom. The van der Waals surface area contributed by atoms with Gasteiger partial charge < -0.3 is 10.4 Å². The van der Waals surface area contributed by atoms with Crippen molar-refractivity contribution in [3.8, 4) is 0 Å². The number of nitrogens with one attached hydrogen (secondary N) is 1. The van der Waals surface area contributed by atoms with Gasteiger partial charge in [0, 0.05) is 12.1 Å². The van der Waals surface area contributed by atoms with Gasteiger partial charge in [-0.3, -0.25) is 0 Å². The Morgan fingerprint density at radius 2 is 2.05 bits per heavy atom. The van der Waals surface area contributed by atoms with Gasteiger partial charge in [-0.2, -0.15) is 0 Å². The van der Waals surface area contributed by atoms with Crippen LogP contribution in [0.15, 0.2) is 30.3 Å². The van der Waals surface area contributed by atoms with Gasteiger partial charge in [0.15, 0.2) is 9.84 Å². The van der Waals surface area contributed by atoms with E-state index in [4.69, 9.17) is 0 Å². The first-order chi connectivity index (χ1) is 9.46. The largest absolute Gasteiger partial charge is 0.388 e. The van der Waals surface area contributed by atoms with Gasteiger partial charge in [0.05, 0.1) is 17.6 Å². The summed E-state index contributed by atoms with van der Waals surface area (Å²) in [6.07, 6.45) is 1.69. The maximum Gasteiger partial charge on any atom is 0.151 e. The van der Waals surface area contributed by atoms with Crippen molar-refractivity contribution in [3.63, 3.8) is 0 Å². The summed E-state index contributed by atoms with van der Waals surface area (Å²) in [4.78, 5) is 0. The third-order valence-electron chi connectivity index (χ3n) is 3.74. The average Bonchev–Trinajstić information content (AvgIpc) is 2.38. The van der Waals surface area contributed by atoms with Gasteiger partial charge in [-0.1, -0.05) is 30.3 Å². The molecule has 2 N–H and O–H groups in total. The van der Waals surface area contributed by atoms with Crippen LogP contribution in [0.5, 0.6) is 0 Å². The Balaban J connectivity index is 1.85. The third-order valence-corrected chi connectivity index (χ3v) is 5.57. The molecule has 112 valence electrons. The summed E-state index contributed by atoms with van der Waals surface area (Å²) in [5.74, 6) is 0.533. The second-order valence-corrected chi connectivity index (χ2v) is 7.91. The Labute approximate surface area is 121 Å². The van der Waals surface area contributed by atoms with Crippen molar-refractivity contribution < 1.29 is 13.5 Å². The SMILES string of the molecule is CC(CC(O)c1ccccc1)NC1CCCS(=O)(=O)C1. The molecule has 0 aromatic heterocycles. The lowest BCUT2D eigenvalue weighted by atomic mass is 10.0. The van der Waals surface area contributed by atoms with Gasteiger partial charge in [0.25, 0.3) is 0 Å². The van der Waals surface area contributed by atoms with Crippen molar-refractivity contribution in [2.75, 3.05) is 11.5 Å². The molecule has 0 amide bonds. The number of aliphatic hydroxyl groups excluding tert-OH is 1. The van der Waals surface area contributed by atoms with Crippen LogP contribution in [-0.2, 0) is 9.84 Å². The van der Waals surface area contributed by atoms with Crippen LogP contribution in [0.2, 0.25) is 0 Å². The fourth-order valence-corrected chi connectivity index (χ4v) is 4.42. The van der Waals surface area contributed by atoms with Gasteiger partial charge in [0.2, 0.25) is 0 Å². The lowest BCUT2D eigenvalue weighted by molar-refractivity contribution is 0.151. The molecule has 3 atom stereocenters. The highest BCUT2D eigenvalue weighted by molar-refractivity contribution is 7.91. The maximum absolute atomic E-state index is 11.6. The van der Waals surface area contributed by atoms with Crippen LogP contribution in [-0.4, -0.2) is 37.1 Å². The van der Waals surface area contributed by atoms with Crippen LogP contribution >= 0.6 is 0 Å². The number of sulfone groups is 1. The zero-order valence-corrected chi connectivity index (χ0v) is 12.6. The summed E-state index contributed by atoms with van der Waals surface area (Å²) in [7, 11) is -2.88. The highest BCUT2D eigenvalue weighted by Crippen LogP contribution is 2.19. The molecule has 1 aromatic carbocycles. The van der Waals surface area contributed by atoms with E-state index in [9.17, 15) is 13.5 Å². The van der Waals surface area contributed by atoms with Gasteiger partial charge in [0.1, 0.15) is 0 Å². The Kier molecular flexibility index (Phi) is 5.18. The molecule has 1 aliphatic heterocycles. The first-order valence-electron chi connectivity index (χ1n) is 7.16. The van der Waals surface area contributed by atoms with Gasteiger partial charge >= 0.3 is 0 Å². The lowest BCUT2D eigenvalue weighted by Gasteiger charge is -2.27. The number of rotatable bonds is 5. The number of hydrogen-bond acceptors (Lipinski definition) is 4. The molecule has 0 aliphatic carbocycles. The second kappa shape index (κ2) is 6.70. The molecule has 4 nitrogen and oxygen atoms in total. The van der Waals surface area contributed by atoms with Crippen LogP contribution in [0, 0.1) is 0 Å². The smallest absolute Gasteiger partial charge is 0.151 e. The van der Waals surface area contributed by atoms with Gasteiger partial charge in [-0.05, 0) is 31.7 Å². The third kappa shape index (κ3) is 4.58. The zero-order chi connectivity index (χ0) is 14.6. The second-order valence-electron chi connectivity index (χ2n) is 5.68. The maximum atomic E-state index is 11.6. The average molecular weight is 297 g/mol. The normalized spacial score (nSPS) is 25.0. The van der Waals surface area contributed by atoms with Crippen molar-refractivity contribution in [2.24, 2.45) is 0 Å². The van der Waals surface area contributed by atoms with Gasteiger partial charge in [-0.15, -0.1) is 0 Å². The van der Waals surface area contributed by atoms with Crippen molar-refractivity contribution in [1.82, 2.24) is 5.32 Å². The summed E-state index contributed by atoms with van der Waals surface area (Å²) in [5, 5.41) is 13.5. The molecule has 1 aliphatic rings. The van der Waals surface area contributed by atoms with E-state index in [0.717, 1.165) is 18.4 Å². The number of benzene rings is 1. The standard InChI is InChI=1S/C15H23NO3S/c1-12(10-15(17)13-6-3-2-4-7-13)16-14-8-5-9-20(18,19)11-14/h2-4,6-7,12,14-17H,5,8-11H2,1H3. The van der Waals surface area contributed by atoms with Crippen molar-refractivity contribution in [3.05, 3.63) is 35.9 Å². The molecule has 20 heavy (non-hydrogen) atoms. The lowest BCUT2D eigenvalue weighted by Crippen LogP contribution is -2.44.